The predicted molar refractivity (Wildman–Crippen MR) is 82.4 cm³/mol. The van der Waals surface area contributed by atoms with E-state index in [2.05, 4.69) is 10.2 Å². The van der Waals surface area contributed by atoms with Gasteiger partial charge < -0.3 is 9.47 Å². The van der Waals surface area contributed by atoms with Gasteiger partial charge in [-0.2, -0.15) is 0 Å². The maximum atomic E-state index is 12.7. The summed E-state index contributed by atoms with van der Waals surface area (Å²) in [6.45, 7) is 2.93. The Labute approximate surface area is 133 Å². The molecule has 4 rings (SSSR count). The van der Waals surface area contributed by atoms with E-state index >= 15 is 0 Å². The van der Waals surface area contributed by atoms with Gasteiger partial charge in [-0.1, -0.05) is 29.8 Å². The Hall–Kier alpha value is -1.88. The van der Waals surface area contributed by atoms with E-state index in [1.54, 1.807) is 0 Å². The Balaban J connectivity index is 1.63. The highest BCUT2D eigenvalue weighted by Gasteiger charge is 2.38. The van der Waals surface area contributed by atoms with Gasteiger partial charge in [0.2, 0.25) is 5.91 Å². The first-order valence-corrected chi connectivity index (χ1v) is 7.99. The number of fused-ring (bicyclic) bond motifs is 1. The fourth-order valence-electron chi connectivity index (χ4n) is 3.08. The first-order chi connectivity index (χ1) is 10.6. The number of aromatic nitrogens is 3. The highest BCUT2D eigenvalue weighted by molar-refractivity contribution is 6.31. The van der Waals surface area contributed by atoms with Crippen molar-refractivity contribution in [2.75, 3.05) is 0 Å². The van der Waals surface area contributed by atoms with Gasteiger partial charge in [-0.25, -0.2) is 0 Å². The third-order valence-corrected chi connectivity index (χ3v) is 4.81. The quantitative estimate of drug-likeness (QED) is 0.875. The molecule has 1 aliphatic heterocycles. The van der Waals surface area contributed by atoms with Crippen LogP contribution in [-0.2, 0) is 17.9 Å². The Bertz CT molecular complexity index is 737. The van der Waals surface area contributed by atoms with Gasteiger partial charge in [0, 0.05) is 17.5 Å². The van der Waals surface area contributed by atoms with Crippen LogP contribution in [0.25, 0.3) is 0 Å². The molecule has 1 atom stereocenters. The molecule has 22 heavy (non-hydrogen) atoms. The van der Waals surface area contributed by atoms with Crippen LogP contribution in [0.2, 0.25) is 5.02 Å². The molecule has 114 valence electrons. The van der Waals surface area contributed by atoms with E-state index in [0.29, 0.717) is 24.0 Å². The summed E-state index contributed by atoms with van der Waals surface area (Å²) in [6, 6.07) is 7.40. The molecule has 0 saturated heterocycles. The lowest BCUT2D eigenvalue weighted by Crippen LogP contribution is -2.41. The van der Waals surface area contributed by atoms with Crippen LogP contribution in [-0.4, -0.2) is 25.6 Å². The van der Waals surface area contributed by atoms with Crippen molar-refractivity contribution in [3.05, 3.63) is 46.5 Å². The number of amides is 1. The molecule has 1 saturated carbocycles. The number of carbonyl (C=O) groups is 1. The van der Waals surface area contributed by atoms with Gasteiger partial charge in [0.15, 0.2) is 5.82 Å². The summed E-state index contributed by atoms with van der Waals surface area (Å²) in [6.07, 6.45) is 2.31. The molecule has 0 N–H and O–H groups in total. The molecule has 0 unspecified atom stereocenters. The number of hydrogen-bond acceptors (Lipinski definition) is 3. The van der Waals surface area contributed by atoms with E-state index in [-0.39, 0.29) is 11.9 Å². The monoisotopic (exact) mass is 316 g/mol. The van der Waals surface area contributed by atoms with Crippen LogP contribution in [0.4, 0.5) is 0 Å². The van der Waals surface area contributed by atoms with Crippen molar-refractivity contribution in [3.63, 3.8) is 0 Å². The van der Waals surface area contributed by atoms with Crippen molar-refractivity contribution in [2.45, 2.75) is 44.8 Å². The van der Waals surface area contributed by atoms with Gasteiger partial charge in [-0.05, 0) is 31.4 Å². The number of halogens is 1. The smallest absolute Gasteiger partial charge is 0.246 e. The maximum Gasteiger partial charge on any atom is 0.246 e. The summed E-state index contributed by atoms with van der Waals surface area (Å²) in [5.41, 5.74) is 0.958. The second kappa shape index (κ2) is 5.09. The maximum absolute atomic E-state index is 12.7. The van der Waals surface area contributed by atoms with Crippen LogP contribution in [0, 0.1) is 0 Å². The number of carbonyl (C=O) groups excluding carboxylic acids is 1. The Morgan fingerprint density at radius 1 is 1.27 bits per heavy atom. The van der Waals surface area contributed by atoms with E-state index < -0.39 is 0 Å². The van der Waals surface area contributed by atoms with Crippen LogP contribution < -0.4 is 0 Å². The molecule has 5 nitrogen and oxygen atoms in total. The number of nitrogens with zero attached hydrogens (tertiary/aromatic N) is 4. The van der Waals surface area contributed by atoms with Crippen LogP contribution in [0.5, 0.6) is 0 Å². The third-order valence-electron chi connectivity index (χ3n) is 4.44. The van der Waals surface area contributed by atoms with Gasteiger partial charge >= 0.3 is 0 Å². The summed E-state index contributed by atoms with van der Waals surface area (Å²) >= 11 is 6.21. The van der Waals surface area contributed by atoms with Crippen LogP contribution in [0.3, 0.4) is 0 Å². The molecule has 2 heterocycles. The molecule has 2 aromatic rings. The average molecular weight is 317 g/mol. The Morgan fingerprint density at radius 3 is 2.77 bits per heavy atom. The lowest BCUT2D eigenvalue weighted by atomic mass is 10.1. The number of benzene rings is 1. The van der Waals surface area contributed by atoms with Crippen molar-refractivity contribution in [3.8, 4) is 0 Å². The summed E-state index contributed by atoms with van der Waals surface area (Å²) in [5.74, 6) is 2.45. The topological polar surface area (TPSA) is 51.0 Å². The molecule has 1 aliphatic carbocycles. The van der Waals surface area contributed by atoms with Gasteiger partial charge in [-0.3, -0.25) is 4.79 Å². The average Bonchev–Trinajstić information content (AvgIpc) is 3.27. The van der Waals surface area contributed by atoms with Gasteiger partial charge in [0.25, 0.3) is 0 Å². The Morgan fingerprint density at radius 2 is 2.05 bits per heavy atom. The second-order valence-corrected chi connectivity index (χ2v) is 6.49. The molecule has 1 aromatic carbocycles. The van der Waals surface area contributed by atoms with E-state index in [1.807, 2.05) is 40.7 Å². The molecule has 1 aromatic heterocycles. The molecule has 6 heteroatoms. The zero-order valence-corrected chi connectivity index (χ0v) is 13.1. The fraction of sp³-hybridized carbons (Fsp3) is 0.438. The lowest BCUT2D eigenvalue weighted by molar-refractivity contribution is -0.137. The standard InChI is InChI=1S/C16H17ClN4O/c1-10-16(22)20(8-12-4-2-3-5-13(12)17)9-14-18-19-15(21(10)14)11-6-7-11/h2-5,10-11H,6-9H2,1H3/t10-/m0/s1. The first-order valence-electron chi connectivity index (χ1n) is 7.61. The molecule has 0 spiro atoms. The van der Waals surface area contributed by atoms with Gasteiger partial charge in [-0.15, -0.1) is 10.2 Å². The summed E-state index contributed by atoms with van der Waals surface area (Å²) < 4.78 is 2.03. The van der Waals surface area contributed by atoms with Crippen LogP contribution >= 0.6 is 11.6 Å². The highest BCUT2D eigenvalue weighted by atomic mass is 35.5. The van der Waals surface area contributed by atoms with Crippen molar-refractivity contribution >= 4 is 17.5 Å². The summed E-state index contributed by atoms with van der Waals surface area (Å²) in [5, 5.41) is 9.30. The Kier molecular flexibility index (Phi) is 3.18. The first kappa shape index (κ1) is 13.8. The zero-order chi connectivity index (χ0) is 15.3. The van der Waals surface area contributed by atoms with Gasteiger partial charge in [0.1, 0.15) is 11.9 Å². The predicted octanol–water partition coefficient (Wildman–Crippen LogP) is 2.91. The summed E-state index contributed by atoms with van der Waals surface area (Å²) in [7, 11) is 0. The zero-order valence-electron chi connectivity index (χ0n) is 12.4. The van der Waals surface area contributed by atoms with E-state index in [1.165, 1.54) is 0 Å². The minimum atomic E-state index is -0.239. The number of hydrogen-bond donors (Lipinski definition) is 0. The normalized spacial score (nSPS) is 21.1. The van der Waals surface area contributed by atoms with Crippen molar-refractivity contribution < 1.29 is 4.79 Å². The van der Waals surface area contributed by atoms with E-state index in [0.717, 1.165) is 30.1 Å². The minimum absolute atomic E-state index is 0.106. The van der Waals surface area contributed by atoms with Crippen molar-refractivity contribution in [2.24, 2.45) is 0 Å². The number of rotatable bonds is 3. The largest absolute Gasteiger partial charge is 0.329 e. The van der Waals surface area contributed by atoms with Gasteiger partial charge in [0.05, 0.1) is 6.54 Å². The lowest BCUT2D eigenvalue weighted by Gasteiger charge is -2.32. The van der Waals surface area contributed by atoms with E-state index in [4.69, 9.17) is 11.6 Å². The van der Waals surface area contributed by atoms with Crippen molar-refractivity contribution in [1.82, 2.24) is 19.7 Å². The molecular formula is C16H17ClN4O. The third kappa shape index (κ3) is 2.20. The van der Waals surface area contributed by atoms with E-state index in [9.17, 15) is 4.79 Å². The molecule has 0 bridgehead atoms. The molecule has 1 fully saturated rings. The second-order valence-electron chi connectivity index (χ2n) is 6.08. The SMILES string of the molecule is C[C@H]1C(=O)N(Cc2ccccc2Cl)Cc2nnc(C3CC3)n21. The van der Waals surface area contributed by atoms with Crippen LogP contribution in [0.1, 0.15) is 48.9 Å². The molecule has 1 amide bonds. The van der Waals surface area contributed by atoms with Crippen molar-refractivity contribution in [1.29, 1.82) is 0 Å². The summed E-state index contributed by atoms with van der Waals surface area (Å²) in [4.78, 5) is 14.5. The minimum Gasteiger partial charge on any atom is -0.329 e. The highest BCUT2D eigenvalue weighted by Crippen LogP contribution is 2.41. The molecule has 0 radical (unpaired) electrons. The fourth-order valence-corrected chi connectivity index (χ4v) is 3.27. The van der Waals surface area contributed by atoms with Crippen LogP contribution in [0.15, 0.2) is 24.3 Å². The molecular weight excluding hydrogens is 300 g/mol. The molecule has 2 aliphatic rings.